The highest BCUT2D eigenvalue weighted by molar-refractivity contribution is 9.10. The highest BCUT2D eigenvalue weighted by atomic mass is 79.9. The van der Waals surface area contributed by atoms with Crippen molar-refractivity contribution in [3.8, 4) is 11.5 Å². The van der Waals surface area contributed by atoms with Gasteiger partial charge in [0.1, 0.15) is 11.5 Å². The van der Waals surface area contributed by atoms with Crippen molar-refractivity contribution in [3.63, 3.8) is 0 Å². The number of hydrogen-bond donors (Lipinski definition) is 2. The van der Waals surface area contributed by atoms with E-state index in [1.165, 1.54) is 11.8 Å². The van der Waals surface area contributed by atoms with Crippen LogP contribution in [-0.2, 0) is 9.59 Å². The van der Waals surface area contributed by atoms with Crippen LogP contribution in [0.4, 0.5) is 11.4 Å². The number of anilines is 1. The maximum Gasteiger partial charge on any atom is 0.264 e. The number of aliphatic imine (C=N–C) groups is 1. The average molecular weight is 552 g/mol. The molecule has 9 heteroatoms. The number of nitrogens with one attached hydrogen (secondary N) is 2. The normalized spacial score (nSPS) is 15.2. The summed E-state index contributed by atoms with van der Waals surface area (Å²) in [6.07, 6.45) is 1.78. The van der Waals surface area contributed by atoms with Crippen LogP contribution in [0.1, 0.15) is 12.5 Å². The molecule has 0 aromatic heterocycles. The molecule has 1 fully saturated rings. The Bertz CT molecular complexity index is 1260. The van der Waals surface area contributed by atoms with Gasteiger partial charge in [-0.15, -0.1) is 0 Å². The molecule has 1 aliphatic rings. The van der Waals surface area contributed by atoms with E-state index in [0.29, 0.717) is 28.1 Å². The fraction of sp³-hybridized carbons (Fsp3) is 0.115. The number of halogens is 1. The van der Waals surface area contributed by atoms with Gasteiger partial charge in [-0.3, -0.25) is 9.59 Å². The fourth-order valence-electron chi connectivity index (χ4n) is 3.07. The lowest BCUT2D eigenvalue weighted by molar-refractivity contribution is -0.118. The van der Waals surface area contributed by atoms with E-state index in [1.54, 1.807) is 42.5 Å². The van der Waals surface area contributed by atoms with Crippen LogP contribution in [0.3, 0.4) is 0 Å². The summed E-state index contributed by atoms with van der Waals surface area (Å²) in [5.74, 6) is 0.836. The second-order valence-electron chi connectivity index (χ2n) is 7.32. The lowest BCUT2D eigenvalue weighted by atomic mass is 10.2. The molecule has 2 N–H and O–H groups in total. The lowest BCUT2D eigenvalue weighted by Crippen LogP contribution is -2.20. The SMILES string of the molecule is CCOc1ccc(NC(=O)COc2ccc(/C=C3\SC(=Nc4ccc(Br)cc4)NC3=O)cc2)cc1. The van der Waals surface area contributed by atoms with Crippen molar-refractivity contribution in [1.82, 2.24) is 5.32 Å². The van der Waals surface area contributed by atoms with Crippen molar-refractivity contribution in [2.45, 2.75) is 6.92 Å². The van der Waals surface area contributed by atoms with Crippen LogP contribution < -0.4 is 20.1 Å². The minimum absolute atomic E-state index is 0.123. The zero-order valence-corrected chi connectivity index (χ0v) is 21.2. The van der Waals surface area contributed by atoms with Crippen molar-refractivity contribution in [3.05, 3.63) is 87.7 Å². The van der Waals surface area contributed by atoms with Crippen molar-refractivity contribution in [1.29, 1.82) is 0 Å². The van der Waals surface area contributed by atoms with E-state index in [9.17, 15) is 9.59 Å². The molecule has 1 saturated heterocycles. The Morgan fingerprint density at radius 1 is 1.00 bits per heavy atom. The number of ether oxygens (including phenoxy) is 2. The molecule has 1 aliphatic heterocycles. The Hall–Kier alpha value is -3.56. The minimum Gasteiger partial charge on any atom is -0.494 e. The molecule has 4 rings (SSSR count). The number of amides is 2. The second kappa shape index (κ2) is 11.7. The van der Waals surface area contributed by atoms with Gasteiger partial charge >= 0.3 is 0 Å². The number of carbonyl (C=O) groups is 2. The third-order valence-electron chi connectivity index (χ3n) is 4.71. The first-order valence-electron chi connectivity index (χ1n) is 10.8. The van der Waals surface area contributed by atoms with E-state index in [0.717, 1.165) is 21.5 Å². The molecule has 7 nitrogen and oxygen atoms in total. The van der Waals surface area contributed by atoms with Gasteiger partial charge in [-0.05, 0) is 91.0 Å². The van der Waals surface area contributed by atoms with E-state index in [2.05, 4.69) is 31.6 Å². The number of hydrogen-bond acceptors (Lipinski definition) is 6. The van der Waals surface area contributed by atoms with Gasteiger partial charge in [0, 0.05) is 10.2 Å². The molecule has 3 aromatic carbocycles. The topological polar surface area (TPSA) is 89.0 Å². The summed E-state index contributed by atoms with van der Waals surface area (Å²) < 4.78 is 11.9. The predicted octanol–water partition coefficient (Wildman–Crippen LogP) is 5.76. The number of amidine groups is 1. The number of benzene rings is 3. The van der Waals surface area contributed by atoms with Crippen LogP contribution in [-0.4, -0.2) is 30.2 Å². The third kappa shape index (κ3) is 7.21. The summed E-state index contributed by atoms with van der Waals surface area (Å²) in [5, 5.41) is 6.09. The van der Waals surface area contributed by atoms with Crippen molar-refractivity contribution < 1.29 is 19.1 Å². The lowest BCUT2D eigenvalue weighted by Gasteiger charge is -2.09. The molecule has 1 heterocycles. The number of thioether (sulfide) groups is 1. The largest absolute Gasteiger partial charge is 0.494 e. The first-order valence-corrected chi connectivity index (χ1v) is 12.4. The Balaban J connectivity index is 1.30. The summed E-state index contributed by atoms with van der Waals surface area (Å²) in [6, 6.07) is 21.8. The van der Waals surface area contributed by atoms with E-state index >= 15 is 0 Å². The Morgan fingerprint density at radius 2 is 1.66 bits per heavy atom. The highest BCUT2D eigenvalue weighted by Gasteiger charge is 2.23. The molecule has 178 valence electrons. The van der Waals surface area contributed by atoms with Crippen LogP contribution in [0.2, 0.25) is 0 Å². The summed E-state index contributed by atoms with van der Waals surface area (Å²) >= 11 is 4.67. The predicted molar refractivity (Wildman–Crippen MR) is 143 cm³/mol. The molecule has 35 heavy (non-hydrogen) atoms. The summed E-state index contributed by atoms with van der Waals surface area (Å²) in [6.45, 7) is 2.38. The summed E-state index contributed by atoms with van der Waals surface area (Å²) in [4.78, 5) is 29.5. The van der Waals surface area contributed by atoms with Crippen molar-refractivity contribution >= 4 is 62.1 Å². The first kappa shape index (κ1) is 24.6. The van der Waals surface area contributed by atoms with Gasteiger partial charge in [0.05, 0.1) is 17.2 Å². The Labute approximate surface area is 215 Å². The van der Waals surface area contributed by atoms with Gasteiger partial charge in [-0.2, -0.15) is 0 Å². The summed E-state index contributed by atoms with van der Waals surface area (Å²) in [7, 11) is 0. The van der Waals surface area contributed by atoms with Crippen molar-refractivity contribution in [2.24, 2.45) is 4.99 Å². The molecule has 0 bridgehead atoms. The summed E-state index contributed by atoms with van der Waals surface area (Å²) in [5.41, 5.74) is 2.25. The quantitative estimate of drug-likeness (QED) is 0.347. The molecular formula is C26H22BrN3O4S. The van der Waals surface area contributed by atoms with Crippen molar-refractivity contribution in [2.75, 3.05) is 18.5 Å². The van der Waals surface area contributed by atoms with E-state index in [4.69, 9.17) is 9.47 Å². The molecule has 0 spiro atoms. The average Bonchev–Trinajstić information content (AvgIpc) is 3.20. The number of carbonyl (C=O) groups excluding carboxylic acids is 2. The first-order chi connectivity index (χ1) is 17.0. The molecule has 3 aromatic rings. The van der Waals surface area contributed by atoms with Gasteiger partial charge in [-0.1, -0.05) is 28.1 Å². The highest BCUT2D eigenvalue weighted by Crippen LogP contribution is 2.29. The van der Waals surface area contributed by atoms with Crippen LogP contribution in [0.15, 0.2) is 87.2 Å². The van der Waals surface area contributed by atoms with E-state index < -0.39 is 0 Å². The molecule has 0 unspecified atom stereocenters. The third-order valence-corrected chi connectivity index (χ3v) is 6.14. The van der Waals surface area contributed by atoms with Gasteiger partial charge < -0.3 is 20.1 Å². The second-order valence-corrected chi connectivity index (χ2v) is 9.27. The van der Waals surface area contributed by atoms with Crippen LogP contribution in [0, 0.1) is 0 Å². The van der Waals surface area contributed by atoms with Gasteiger partial charge in [-0.25, -0.2) is 4.99 Å². The zero-order valence-electron chi connectivity index (χ0n) is 18.8. The molecule has 0 atom stereocenters. The van der Waals surface area contributed by atoms with E-state index in [1.807, 2.05) is 43.3 Å². The van der Waals surface area contributed by atoms with Gasteiger partial charge in [0.15, 0.2) is 11.8 Å². The van der Waals surface area contributed by atoms with Crippen LogP contribution in [0.25, 0.3) is 6.08 Å². The molecule has 0 radical (unpaired) electrons. The van der Waals surface area contributed by atoms with E-state index in [-0.39, 0.29) is 18.4 Å². The molecule has 0 aliphatic carbocycles. The maximum atomic E-state index is 12.3. The van der Waals surface area contributed by atoms with Crippen LogP contribution in [0.5, 0.6) is 11.5 Å². The molecule has 0 saturated carbocycles. The number of nitrogens with zero attached hydrogens (tertiary/aromatic N) is 1. The molecular weight excluding hydrogens is 530 g/mol. The Morgan fingerprint density at radius 3 is 2.34 bits per heavy atom. The monoisotopic (exact) mass is 551 g/mol. The maximum absolute atomic E-state index is 12.3. The van der Waals surface area contributed by atoms with Gasteiger partial charge in [0.25, 0.3) is 11.8 Å². The minimum atomic E-state index is -0.267. The fourth-order valence-corrected chi connectivity index (χ4v) is 4.18. The van der Waals surface area contributed by atoms with Crippen LogP contribution >= 0.6 is 27.7 Å². The van der Waals surface area contributed by atoms with Gasteiger partial charge in [0.2, 0.25) is 0 Å². The standard InChI is InChI=1S/C26H22BrN3O4S/c1-2-33-21-13-9-19(10-14-21)28-24(31)16-34-22-11-3-17(4-12-22)15-23-25(32)30-26(35-23)29-20-7-5-18(27)6-8-20/h3-15H,2,16H2,1H3,(H,28,31)(H,29,30,32)/b23-15-. The smallest absolute Gasteiger partial charge is 0.264 e. The molecule has 2 amide bonds. The number of rotatable bonds is 8. The Kier molecular flexibility index (Phi) is 8.23. The zero-order chi connectivity index (χ0) is 24.6.